The van der Waals surface area contributed by atoms with Gasteiger partial charge in [0.1, 0.15) is 0 Å². The SMILES string of the molecule is CCC.CCCl. The van der Waals surface area contributed by atoms with Crippen LogP contribution in [0.2, 0.25) is 0 Å². The van der Waals surface area contributed by atoms with Gasteiger partial charge in [-0.3, -0.25) is 0 Å². The Bertz CT molecular complexity index is 5.90. The van der Waals surface area contributed by atoms with E-state index in [9.17, 15) is 0 Å². The zero-order chi connectivity index (χ0) is 5.41. The molecule has 0 saturated heterocycles. The molecule has 6 heavy (non-hydrogen) atoms. The van der Waals surface area contributed by atoms with Gasteiger partial charge in [0.05, 0.1) is 0 Å². The highest BCUT2D eigenvalue weighted by atomic mass is 35.5. The molecule has 0 heterocycles. The number of halogens is 1. The van der Waals surface area contributed by atoms with Gasteiger partial charge >= 0.3 is 0 Å². The summed E-state index contributed by atoms with van der Waals surface area (Å²) < 4.78 is 0. The van der Waals surface area contributed by atoms with E-state index in [1.54, 1.807) is 0 Å². The third-order valence-electron chi connectivity index (χ3n) is 0. The minimum atomic E-state index is 0.722. The van der Waals surface area contributed by atoms with Gasteiger partial charge in [0.2, 0.25) is 0 Å². The van der Waals surface area contributed by atoms with Crippen LogP contribution in [0.1, 0.15) is 27.2 Å². The largest absolute Gasteiger partial charge is 0.127 e. The lowest BCUT2D eigenvalue weighted by Gasteiger charge is -1.48. The van der Waals surface area contributed by atoms with Gasteiger partial charge in [0, 0.05) is 5.88 Å². The van der Waals surface area contributed by atoms with E-state index in [0.717, 1.165) is 5.88 Å². The number of alkyl halides is 1. The van der Waals surface area contributed by atoms with Crippen molar-refractivity contribution >= 4 is 11.6 Å². The molecule has 0 N–H and O–H groups in total. The van der Waals surface area contributed by atoms with Crippen LogP contribution in [-0.4, -0.2) is 5.88 Å². The second-order valence-electron chi connectivity index (χ2n) is 0.974. The van der Waals surface area contributed by atoms with Gasteiger partial charge in [-0.25, -0.2) is 0 Å². The average molecular weight is 109 g/mol. The fraction of sp³-hybridized carbons (Fsp3) is 1.00. The summed E-state index contributed by atoms with van der Waals surface area (Å²) in [6.07, 6.45) is 1.25. The van der Waals surface area contributed by atoms with Crippen LogP contribution in [0, 0.1) is 0 Å². The molecular weight excluding hydrogens is 95.5 g/mol. The molecule has 0 aliphatic rings. The molecule has 0 atom stereocenters. The highest BCUT2D eigenvalue weighted by molar-refractivity contribution is 6.17. The summed E-state index contributed by atoms with van der Waals surface area (Å²) in [6, 6.07) is 0. The first-order valence-electron chi connectivity index (χ1n) is 2.39. The molecule has 0 aliphatic carbocycles. The van der Waals surface area contributed by atoms with Gasteiger partial charge in [0.25, 0.3) is 0 Å². The molecule has 40 valence electrons. The molecule has 0 aliphatic heterocycles. The van der Waals surface area contributed by atoms with Crippen LogP contribution in [0.4, 0.5) is 0 Å². The minimum Gasteiger partial charge on any atom is -0.127 e. The van der Waals surface area contributed by atoms with Crippen molar-refractivity contribution in [1.29, 1.82) is 0 Å². The summed E-state index contributed by atoms with van der Waals surface area (Å²) in [5.74, 6) is 0.722. The monoisotopic (exact) mass is 108 g/mol. The summed E-state index contributed by atoms with van der Waals surface area (Å²) in [4.78, 5) is 0. The predicted molar refractivity (Wildman–Crippen MR) is 32.4 cm³/mol. The molecule has 1 heteroatoms. The van der Waals surface area contributed by atoms with Crippen LogP contribution in [0.25, 0.3) is 0 Å². The highest BCUT2D eigenvalue weighted by Crippen LogP contribution is 1.59. The van der Waals surface area contributed by atoms with Crippen molar-refractivity contribution in [2.75, 3.05) is 5.88 Å². The number of hydrogen-bond acceptors (Lipinski definition) is 0. The molecule has 0 unspecified atom stereocenters. The topological polar surface area (TPSA) is 0 Å². The van der Waals surface area contributed by atoms with Crippen LogP contribution in [-0.2, 0) is 0 Å². The Hall–Kier alpha value is 0.290. The second kappa shape index (κ2) is 18.6. The summed E-state index contributed by atoms with van der Waals surface area (Å²) in [5.41, 5.74) is 0. The maximum atomic E-state index is 5.00. The van der Waals surface area contributed by atoms with Gasteiger partial charge in [-0.05, 0) is 0 Å². The van der Waals surface area contributed by atoms with Crippen molar-refractivity contribution in [3.05, 3.63) is 0 Å². The third kappa shape index (κ3) is 552. The standard InChI is InChI=1S/C3H8.C2H5Cl/c1-3-2;1-2-3/h3H2,1-2H3;2H2,1H3. The maximum Gasteiger partial charge on any atom is 0.0195 e. The summed E-state index contributed by atoms with van der Waals surface area (Å²) in [6.45, 7) is 6.14. The lowest BCUT2D eigenvalue weighted by molar-refractivity contribution is 1.09. The van der Waals surface area contributed by atoms with Crippen molar-refractivity contribution in [2.45, 2.75) is 27.2 Å². The summed E-state index contributed by atoms with van der Waals surface area (Å²) in [7, 11) is 0. The molecule has 0 amide bonds. The summed E-state index contributed by atoms with van der Waals surface area (Å²) in [5, 5.41) is 0. The zero-order valence-electron chi connectivity index (χ0n) is 4.79. The molecule has 0 bridgehead atoms. The van der Waals surface area contributed by atoms with Gasteiger partial charge in [-0.1, -0.05) is 27.2 Å². The Morgan fingerprint density at radius 2 is 1.17 bits per heavy atom. The molecule has 0 spiro atoms. The maximum absolute atomic E-state index is 5.00. The van der Waals surface area contributed by atoms with Crippen molar-refractivity contribution < 1.29 is 0 Å². The lowest BCUT2D eigenvalue weighted by Crippen LogP contribution is -1.36. The second-order valence-corrected chi connectivity index (χ2v) is 1.51. The predicted octanol–water partition coefficient (Wildman–Crippen LogP) is 2.66. The lowest BCUT2D eigenvalue weighted by atomic mass is 10.6. The van der Waals surface area contributed by atoms with Gasteiger partial charge < -0.3 is 0 Å². The molecule has 0 aromatic heterocycles. The Morgan fingerprint density at radius 1 is 1.17 bits per heavy atom. The van der Waals surface area contributed by atoms with Gasteiger partial charge in [-0.15, -0.1) is 11.6 Å². The molecule has 0 aromatic rings. The smallest absolute Gasteiger partial charge is 0.0195 e. The number of hydrogen-bond donors (Lipinski definition) is 0. The van der Waals surface area contributed by atoms with E-state index >= 15 is 0 Å². The van der Waals surface area contributed by atoms with E-state index in [1.807, 2.05) is 6.92 Å². The van der Waals surface area contributed by atoms with Crippen LogP contribution in [0.5, 0.6) is 0 Å². The highest BCUT2D eigenvalue weighted by Gasteiger charge is 1.38. The fourth-order valence-corrected chi connectivity index (χ4v) is 0. The Labute approximate surface area is 45.5 Å². The Balaban J connectivity index is 0. The minimum absolute atomic E-state index is 0.722. The molecule has 0 fully saturated rings. The zero-order valence-corrected chi connectivity index (χ0v) is 5.55. The Morgan fingerprint density at radius 3 is 1.17 bits per heavy atom. The van der Waals surface area contributed by atoms with Crippen molar-refractivity contribution in [2.24, 2.45) is 0 Å². The van der Waals surface area contributed by atoms with Gasteiger partial charge in [-0.2, -0.15) is 0 Å². The van der Waals surface area contributed by atoms with Crippen LogP contribution < -0.4 is 0 Å². The van der Waals surface area contributed by atoms with Crippen LogP contribution in [0.15, 0.2) is 0 Å². The van der Waals surface area contributed by atoms with Crippen molar-refractivity contribution in [3.8, 4) is 0 Å². The molecule has 0 aromatic carbocycles. The quantitative estimate of drug-likeness (QED) is 0.419. The Kier molecular flexibility index (Phi) is 29.6. The molecule has 0 radical (unpaired) electrons. The van der Waals surface area contributed by atoms with E-state index in [-0.39, 0.29) is 0 Å². The first-order valence-corrected chi connectivity index (χ1v) is 2.92. The number of rotatable bonds is 0. The third-order valence-corrected chi connectivity index (χ3v) is 0. The van der Waals surface area contributed by atoms with E-state index < -0.39 is 0 Å². The van der Waals surface area contributed by atoms with Crippen LogP contribution >= 0.6 is 11.6 Å². The van der Waals surface area contributed by atoms with Gasteiger partial charge in [0.15, 0.2) is 0 Å². The average Bonchev–Trinajstić information content (AvgIpc) is 1.39. The molecule has 0 saturated carbocycles. The van der Waals surface area contributed by atoms with E-state index in [0.29, 0.717) is 0 Å². The van der Waals surface area contributed by atoms with E-state index in [4.69, 9.17) is 11.6 Å². The van der Waals surface area contributed by atoms with E-state index in [1.165, 1.54) is 6.42 Å². The summed E-state index contributed by atoms with van der Waals surface area (Å²) >= 11 is 5.00. The van der Waals surface area contributed by atoms with Crippen LogP contribution in [0.3, 0.4) is 0 Å². The first-order chi connectivity index (χ1) is 2.83. The molecule has 0 nitrogen and oxygen atoms in total. The normalized spacial score (nSPS) is 6.00. The van der Waals surface area contributed by atoms with E-state index in [2.05, 4.69) is 13.8 Å². The fourth-order valence-electron chi connectivity index (χ4n) is 0. The van der Waals surface area contributed by atoms with Crippen molar-refractivity contribution in [3.63, 3.8) is 0 Å². The molecule has 0 rings (SSSR count). The molecular formula is C5H13Cl. The van der Waals surface area contributed by atoms with Crippen molar-refractivity contribution in [1.82, 2.24) is 0 Å². The first kappa shape index (κ1) is 9.56.